The van der Waals surface area contributed by atoms with E-state index in [1.807, 2.05) is 18.2 Å². The maximum Gasteiger partial charge on any atom is 0.0283 e. The summed E-state index contributed by atoms with van der Waals surface area (Å²) in [5.41, 5.74) is 3.37. The van der Waals surface area contributed by atoms with Gasteiger partial charge in [-0.3, -0.25) is 0 Å². The number of hydrogen-bond donors (Lipinski definition) is 0. The first-order valence-corrected chi connectivity index (χ1v) is 4.49. The Balaban J connectivity index is 2.58. The van der Waals surface area contributed by atoms with E-state index >= 15 is 0 Å². The van der Waals surface area contributed by atoms with Crippen molar-refractivity contribution in [2.75, 3.05) is 0 Å². The normalized spacial score (nSPS) is 15.0. The zero-order chi connectivity index (χ0) is 9.26. The SMILES string of the molecule is C#Cc1cccc([C]=C)c1C1CC1. The van der Waals surface area contributed by atoms with Crippen molar-refractivity contribution in [3.63, 3.8) is 0 Å². The van der Waals surface area contributed by atoms with E-state index in [1.54, 1.807) is 0 Å². The van der Waals surface area contributed by atoms with Crippen LogP contribution in [-0.2, 0) is 0 Å². The van der Waals surface area contributed by atoms with Gasteiger partial charge in [-0.2, -0.15) is 0 Å². The lowest BCUT2D eigenvalue weighted by atomic mass is 9.97. The Hall–Kier alpha value is -1.48. The van der Waals surface area contributed by atoms with Crippen molar-refractivity contribution < 1.29 is 0 Å². The zero-order valence-electron chi connectivity index (χ0n) is 7.51. The van der Waals surface area contributed by atoms with Crippen LogP contribution in [0.4, 0.5) is 0 Å². The Kier molecular flexibility index (Phi) is 1.94. The fraction of sp³-hybridized carbons (Fsp3) is 0.231. The van der Waals surface area contributed by atoms with E-state index in [9.17, 15) is 0 Å². The van der Waals surface area contributed by atoms with E-state index in [1.165, 1.54) is 18.4 Å². The Morgan fingerprint density at radius 1 is 1.31 bits per heavy atom. The van der Waals surface area contributed by atoms with Crippen molar-refractivity contribution in [1.82, 2.24) is 0 Å². The fourth-order valence-electron chi connectivity index (χ4n) is 1.66. The molecular formula is C13H11. The molecule has 0 heteroatoms. The molecule has 0 saturated heterocycles. The van der Waals surface area contributed by atoms with Crippen LogP contribution in [0.25, 0.3) is 0 Å². The summed E-state index contributed by atoms with van der Waals surface area (Å²) in [6.45, 7) is 3.68. The largest absolute Gasteiger partial charge is 0.115 e. The number of benzene rings is 1. The molecule has 1 saturated carbocycles. The van der Waals surface area contributed by atoms with E-state index in [-0.39, 0.29) is 0 Å². The lowest BCUT2D eigenvalue weighted by molar-refractivity contribution is 1.10. The van der Waals surface area contributed by atoms with Gasteiger partial charge in [-0.05, 0) is 42.0 Å². The predicted molar refractivity (Wildman–Crippen MR) is 54.3 cm³/mol. The van der Waals surface area contributed by atoms with Crippen LogP contribution in [-0.4, -0.2) is 0 Å². The molecule has 0 heterocycles. The quantitative estimate of drug-likeness (QED) is 0.594. The molecule has 1 aliphatic rings. The summed E-state index contributed by atoms with van der Waals surface area (Å²) in [6, 6.07) is 5.99. The average molecular weight is 167 g/mol. The van der Waals surface area contributed by atoms with Crippen molar-refractivity contribution in [3.8, 4) is 12.3 Å². The molecule has 0 atom stereocenters. The second-order valence-corrected chi connectivity index (χ2v) is 3.36. The molecule has 2 rings (SSSR count). The number of rotatable bonds is 2. The number of hydrogen-bond acceptors (Lipinski definition) is 0. The van der Waals surface area contributed by atoms with Crippen LogP contribution < -0.4 is 0 Å². The maximum absolute atomic E-state index is 5.44. The summed E-state index contributed by atoms with van der Waals surface area (Å²) in [6.07, 6.45) is 10.9. The first-order valence-electron chi connectivity index (χ1n) is 4.49. The Labute approximate surface area is 79.3 Å². The molecule has 63 valence electrons. The standard InChI is InChI=1S/C13H11/c1-3-10-6-5-7-11(4-2)13(10)12-8-9-12/h1,5-7,12H,2,8-9H2. The van der Waals surface area contributed by atoms with Gasteiger partial charge in [0.05, 0.1) is 0 Å². The van der Waals surface area contributed by atoms with Gasteiger partial charge in [0.15, 0.2) is 0 Å². The van der Waals surface area contributed by atoms with Gasteiger partial charge >= 0.3 is 0 Å². The van der Waals surface area contributed by atoms with Gasteiger partial charge < -0.3 is 0 Å². The van der Waals surface area contributed by atoms with Crippen LogP contribution >= 0.6 is 0 Å². The molecule has 0 aliphatic heterocycles. The summed E-state index contributed by atoms with van der Waals surface area (Å²) in [7, 11) is 0. The summed E-state index contributed by atoms with van der Waals surface area (Å²) < 4.78 is 0. The van der Waals surface area contributed by atoms with Gasteiger partial charge in [0.2, 0.25) is 0 Å². The highest BCUT2D eigenvalue weighted by molar-refractivity contribution is 5.50. The third-order valence-electron chi connectivity index (χ3n) is 2.44. The molecule has 0 amide bonds. The molecule has 0 bridgehead atoms. The molecule has 13 heavy (non-hydrogen) atoms. The fourth-order valence-corrected chi connectivity index (χ4v) is 1.66. The molecule has 1 radical (unpaired) electrons. The smallest absolute Gasteiger partial charge is 0.0283 e. The minimum atomic E-state index is 0.663. The first kappa shape index (κ1) is 8.13. The molecule has 1 aliphatic carbocycles. The molecule has 1 fully saturated rings. The summed E-state index contributed by atoms with van der Waals surface area (Å²) in [4.78, 5) is 0. The van der Waals surface area contributed by atoms with Crippen molar-refractivity contribution in [3.05, 3.63) is 47.5 Å². The third kappa shape index (κ3) is 1.38. The predicted octanol–water partition coefficient (Wildman–Crippen LogP) is 2.88. The van der Waals surface area contributed by atoms with Gasteiger partial charge in [0.1, 0.15) is 0 Å². The Morgan fingerprint density at radius 3 is 2.54 bits per heavy atom. The van der Waals surface area contributed by atoms with Crippen LogP contribution in [0.5, 0.6) is 0 Å². The second kappa shape index (κ2) is 3.11. The summed E-state index contributed by atoms with van der Waals surface area (Å²) >= 11 is 0. The van der Waals surface area contributed by atoms with Crippen molar-refractivity contribution in [2.45, 2.75) is 18.8 Å². The molecule has 0 nitrogen and oxygen atoms in total. The van der Waals surface area contributed by atoms with Crippen LogP contribution in [0.1, 0.15) is 35.4 Å². The van der Waals surface area contributed by atoms with Gasteiger partial charge in [-0.1, -0.05) is 24.6 Å². The van der Waals surface area contributed by atoms with Crippen LogP contribution in [0.2, 0.25) is 0 Å². The lowest BCUT2D eigenvalue weighted by Gasteiger charge is -2.06. The van der Waals surface area contributed by atoms with Crippen molar-refractivity contribution in [1.29, 1.82) is 0 Å². The van der Waals surface area contributed by atoms with Gasteiger partial charge in [-0.15, -0.1) is 6.42 Å². The minimum Gasteiger partial charge on any atom is -0.115 e. The van der Waals surface area contributed by atoms with Crippen molar-refractivity contribution in [2.24, 2.45) is 0 Å². The summed E-state index contributed by atoms with van der Waals surface area (Å²) in [5.74, 6) is 3.39. The Bertz CT molecular complexity index is 376. The molecule has 1 aromatic carbocycles. The highest BCUT2D eigenvalue weighted by Crippen LogP contribution is 2.43. The maximum atomic E-state index is 5.44. The van der Waals surface area contributed by atoms with E-state index in [0.717, 1.165) is 11.1 Å². The van der Waals surface area contributed by atoms with E-state index < -0.39 is 0 Å². The van der Waals surface area contributed by atoms with E-state index in [4.69, 9.17) is 6.42 Å². The van der Waals surface area contributed by atoms with E-state index in [0.29, 0.717) is 5.92 Å². The van der Waals surface area contributed by atoms with Crippen LogP contribution in [0.3, 0.4) is 0 Å². The second-order valence-electron chi connectivity index (χ2n) is 3.36. The Morgan fingerprint density at radius 2 is 2.00 bits per heavy atom. The van der Waals surface area contributed by atoms with Crippen LogP contribution in [0.15, 0.2) is 24.8 Å². The van der Waals surface area contributed by atoms with Gasteiger partial charge in [0.25, 0.3) is 0 Å². The molecule has 0 aromatic heterocycles. The molecular weight excluding hydrogens is 156 g/mol. The topological polar surface area (TPSA) is 0 Å². The van der Waals surface area contributed by atoms with Gasteiger partial charge in [-0.25, -0.2) is 0 Å². The number of terminal acetylenes is 1. The highest BCUT2D eigenvalue weighted by atomic mass is 14.3. The van der Waals surface area contributed by atoms with Crippen molar-refractivity contribution >= 4 is 0 Å². The first-order chi connectivity index (χ1) is 6.36. The van der Waals surface area contributed by atoms with Crippen LogP contribution in [0, 0.1) is 18.4 Å². The summed E-state index contributed by atoms with van der Waals surface area (Å²) in [5, 5.41) is 0. The van der Waals surface area contributed by atoms with Gasteiger partial charge in [0, 0.05) is 5.56 Å². The molecule has 1 aromatic rings. The zero-order valence-corrected chi connectivity index (χ0v) is 7.51. The monoisotopic (exact) mass is 167 g/mol. The minimum absolute atomic E-state index is 0.663. The molecule has 0 unspecified atom stereocenters. The highest BCUT2D eigenvalue weighted by Gasteiger charge is 2.27. The molecule has 0 N–H and O–H groups in total. The van der Waals surface area contributed by atoms with E-state index in [2.05, 4.69) is 18.6 Å². The third-order valence-corrected chi connectivity index (χ3v) is 2.44. The lowest BCUT2D eigenvalue weighted by Crippen LogP contribution is -1.91. The average Bonchev–Trinajstić information content (AvgIpc) is 3.00. The molecule has 0 spiro atoms.